The van der Waals surface area contributed by atoms with E-state index in [1.165, 1.54) is 29.3 Å². The van der Waals surface area contributed by atoms with Crippen LogP contribution in [0.4, 0.5) is 0 Å². The molecule has 0 bridgehead atoms. The molecule has 4 aromatic carbocycles. The molecule has 0 aromatic heterocycles. The normalized spacial score (nSPS) is 12.9. The van der Waals surface area contributed by atoms with E-state index in [2.05, 4.69) is 42.0 Å². The van der Waals surface area contributed by atoms with Crippen LogP contribution in [0.1, 0.15) is 40.7 Å². The monoisotopic (exact) mass is 507 g/mol. The third-order valence-electron chi connectivity index (χ3n) is 6.13. The molecule has 4 nitrogen and oxygen atoms in total. The maximum Gasteiger partial charge on any atom is 0.264 e. The molecule has 5 heteroatoms. The van der Waals surface area contributed by atoms with Gasteiger partial charge in [-0.2, -0.15) is 0 Å². The van der Waals surface area contributed by atoms with E-state index >= 15 is 0 Å². The van der Waals surface area contributed by atoms with E-state index in [-0.39, 0.29) is 10.8 Å². The number of hydrogen-bond acceptors (Lipinski definition) is 3. The number of hydrogen-bond donors (Lipinski definition) is 1. The zero-order valence-corrected chi connectivity index (χ0v) is 21.7. The van der Waals surface area contributed by atoms with Crippen molar-refractivity contribution in [2.45, 2.75) is 24.7 Å². The molecule has 4 rings (SSSR count). The van der Waals surface area contributed by atoms with Crippen molar-refractivity contribution in [3.63, 3.8) is 0 Å². The van der Waals surface area contributed by atoms with Gasteiger partial charge in [0.05, 0.1) is 4.90 Å². The second kappa shape index (κ2) is 11.7. The number of carbonyl (C=O) groups excluding carboxylic acids is 1. The summed E-state index contributed by atoms with van der Waals surface area (Å²) in [4.78, 5) is 12.4. The Balaban J connectivity index is 1.55. The highest BCUT2D eigenvalue weighted by Gasteiger charge is 2.20. The van der Waals surface area contributed by atoms with Gasteiger partial charge in [-0.25, -0.2) is 13.1 Å². The molecule has 37 heavy (non-hydrogen) atoms. The van der Waals surface area contributed by atoms with Crippen LogP contribution in [0.2, 0.25) is 0 Å². The van der Waals surface area contributed by atoms with Gasteiger partial charge in [0.15, 0.2) is 0 Å². The van der Waals surface area contributed by atoms with E-state index in [0.717, 1.165) is 22.3 Å². The predicted molar refractivity (Wildman–Crippen MR) is 150 cm³/mol. The zero-order chi connectivity index (χ0) is 26.3. The number of aryl methyl sites for hydroxylation is 1. The molecular weight excluding hydrogens is 478 g/mol. The molecule has 0 aliphatic carbocycles. The molecule has 0 saturated carbocycles. The fourth-order valence-corrected chi connectivity index (χ4v) is 5.19. The Bertz CT molecular complexity index is 1500. The van der Waals surface area contributed by atoms with Gasteiger partial charge in [-0.05, 0) is 59.9 Å². The van der Waals surface area contributed by atoms with Crippen LogP contribution in [0.5, 0.6) is 0 Å². The van der Waals surface area contributed by atoms with Gasteiger partial charge in [0.25, 0.3) is 15.9 Å². The molecule has 0 spiro atoms. The third-order valence-corrected chi connectivity index (χ3v) is 7.49. The molecule has 4 aromatic rings. The van der Waals surface area contributed by atoms with Gasteiger partial charge in [-0.3, -0.25) is 4.79 Å². The molecule has 0 saturated heterocycles. The van der Waals surface area contributed by atoms with Gasteiger partial charge in [0, 0.05) is 12.0 Å². The number of carbonyl (C=O) groups is 1. The minimum atomic E-state index is -3.93. The summed E-state index contributed by atoms with van der Waals surface area (Å²) in [5.74, 6) is -0.665. The van der Waals surface area contributed by atoms with Gasteiger partial charge in [0.2, 0.25) is 0 Å². The van der Waals surface area contributed by atoms with Gasteiger partial charge in [-0.1, -0.05) is 109 Å². The topological polar surface area (TPSA) is 63.2 Å². The molecule has 0 aliphatic rings. The van der Waals surface area contributed by atoms with Gasteiger partial charge < -0.3 is 0 Å². The lowest BCUT2D eigenvalue weighted by atomic mass is 9.81. The fourth-order valence-electron chi connectivity index (χ4n) is 4.24. The minimum absolute atomic E-state index is 0.0366. The Kier molecular flexibility index (Phi) is 8.16. The average molecular weight is 508 g/mol. The highest BCUT2D eigenvalue weighted by atomic mass is 32.2. The van der Waals surface area contributed by atoms with E-state index < -0.39 is 15.9 Å². The molecule has 1 unspecified atom stereocenters. The second-order valence-electron chi connectivity index (χ2n) is 8.74. The molecule has 1 N–H and O–H groups in total. The minimum Gasteiger partial charge on any atom is -0.269 e. The Morgan fingerprint density at radius 2 is 1.32 bits per heavy atom. The Hall–Kier alpha value is -4.22. The maximum absolute atomic E-state index is 12.5. The number of sulfonamides is 1. The first-order chi connectivity index (χ1) is 17.9. The summed E-state index contributed by atoms with van der Waals surface area (Å²) in [6, 6.07) is 35.0. The number of rotatable bonds is 8. The third kappa shape index (κ3) is 6.51. The number of allylic oxidation sites excluding steroid dienone is 2. The SMILES string of the molecule is CC=C(c1ccccc1)C(c1ccccc1)c1ccc(C=CC(=O)NS(=O)(=O)c2ccc(C)cc2)cc1. The molecule has 186 valence electrons. The zero-order valence-electron chi connectivity index (χ0n) is 20.8. The lowest BCUT2D eigenvalue weighted by Gasteiger charge is -2.22. The highest BCUT2D eigenvalue weighted by molar-refractivity contribution is 7.90. The van der Waals surface area contributed by atoms with Crippen molar-refractivity contribution in [2.24, 2.45) is 0 Å². The van der Waals surface area contributed by atoms with Gasteiger partial charge in [0.1, 0.15) is 0 Å². The van der Waals surface area contributed by atoms with Crippen molar-refractivity contribution in [3.8, 4) is 0 Å². The molecular formula is C32H29NO3S. The number of amides is 1. The molecule has 1 atom stereocenters. The van der Waals surface area contributed by atoms with E-state index in [9.17, 15) is 13.2 Å². The molecule has 0 radical (unpaired) electrons. The standard InChI is InChI=1S/C32H29NO3S/c1-3-30(26-10-6-4-7-11-26)32(27-12-8-5-9-13-27)28-19-16-25(17-20-28)18-23-31(34)33-37(35,36)29-21-14-24(2)15-22-29/h3-23,32H,1-2H3,(H,33,34). The summed E-state index contributed by atoms with van der Waals surface area (Å²) in [5.41, 5.74) is 6.40. The average Bonchev–Trinajstić information content (AvgIpc) is 2.92. The van der Waals surface area contributed by atoms with E-state index in [1.807, 2.05) is 67.6 Å². The lowest BCUT2D eigenvalue weighted by Crippen LogP contribution is -2.28. The van der Waals surface area contributed by atoms with Gasteiger partial charge in [-0.15, -0.1) is 0 Å². The maximum atomic E-state index is 12.5. The summed E-state index contributed by atoms with van der Waals surface area (Å²) in [6.45, 7) is 3.92. The van der Waals surface area contributed by atoms with Crippen LogP contribution in [0.25, 0.3) is 11.6 Å². The van der Waals surface area contributed by atoms with Crippen molar-refractivity contribution in [1.82, 2.24) is 4.72 Å². The van der Waals surface area contributed by atoms with Crippen molar-refractivity contribution in [2.75, 3.05) is 0 Å². The van der Waals surface area contributed by atoms with Crippen LogP contribution in [-0.4, -0.2) is 14.3 Å². The predicted octanol–water partition coefficient (Wildman–Crippen LogP) is 6.75. The van der Waals surface area contributed by atoms with Crippen molar-refractivity contribution in [1.29, 1.82) is 0 Å². The van der Waals surface area contributed by atoms with Crippen LogP contribution in [0.3, 0.4) is 0 Å². The van der Waals surface area contributed by atoms with E-state index in [0.29, 0.717) is 0 Å². The summed E-state index contributed by atoms with van der Waals surface area (Å²) in [5, 5.41) is 0. The first kappa shape index (κ1) is 25.9. The molecule has 0 aliphatic heterocycles. The largest absolute Gasteiger partial charge is 0.269 e. The lowest BCUT2D eigenvalue weighted by molar-refractivity contribution is -0.114. The Labute approximate surface area is 219 Å². The van der Waals surface area contributed by atoms with Crippen molar-refractivity contribution < 1.29 is 13.2 Å². The quantitative estimate of drug-likeness (QED) is 0.268. The Morgan fingerprint density at radius 3 is 1.92 bits per heavy atom. The summed E-state index contributed by atoms with van der Waals surface area (Å²) >= 11 is 0. The van der Waals surface area contributed by atoms with Crippen LogP contribution < -0.4 is 4.72 Å². The van der Waals surface area contributed by atoms with Crippen molar-refractivity contribution >= 4 is 27.6 Å². The molecule has 1 amide bonds. The summed E-state index contributed by atoms with van der Waals surface area (Å²) in [7, 11) is -3.93. The van der Waals surface area contributed by atoms with Gasteiger partial charge >= 0.3 is 0 Å². The highest BCUT2D eigenvalue weighted by Crippen LogP contribution is 2.37. The second-order valence-corrected chi connectivity index (χ2v) is 10.4. The van der Waals surface area contributed by atoms with Crippen LogP contribution in [0.15, 0.2) is 126 Å². The molecule has 0 fully saturated rings. The summed E-state index contributed by atoms with van der Waals surface area (Å²) in [6.07, 6.45) is 4.99. The van der Waals surface area contributed by atoms with E-state index in [1.54, 1.807) is 18.2 Å². The summed E-state index contributed by atoms with van der Waals surface area (Å²) < 4.78 is 27.0. The van der Waals surface area contributed by atoms with Crippen LogP contribution in [-0.2, 0) is 14.8 Å². The number of benzene rings is 4. The number of nitrogens with one attached hydrogen (secondary N) is 1. The van der Waals surface area contributed by atoms with E-state index in [4.69, 9.17) is 0 Å². The van der Waals surface area contributed by atoms with Crippen molar-refractivity contribution in [3.05, 3.63) is 149 Å². The smallest absolute Gasteiger partial charge is 0.264 e. The Morgan fingerprint density at radius 1 is 0.757 bits per heavy atom. The van der Waals surface area contributed by atoms with Crippen LogP contribution >= 0.6 is 0 Å². The molecule has 0 heterocycles. The fraction of sp³-hybridized carbons (Fsp3) is 0.0938. The first-order valence-corrected chi connectivity index (χ1v) is 13.5. The first-order valence-electron chi connectivity index (χ1n) is 12.1. The van der Waals surface area contributed by atoms with Crippen LogP contribution in [0, 0.1) is 6.92 Å².